The number of rotatable bonds is 3. The van der Waals surface area contributed by atoms with Gasteiger partial charge in [-0.1, -0.05) is 26.7 Å². The van der Waals surface area contributed by atoms with Gasteiger partial charge < -0.3 is 10.1 Å². The van der Waals surface area contributed by atoms with E-state index in [0.29, 0.717) is 17.9 Å². The molecule has 2 rings (SSSR count). The van der Waals surface area contributed by atoms with Crippen LogP contribution in [0.25, 0.3) is 0 Å². The van der Waals surface area contributed by atoms with Crippen LogP contribution in [0.4, 0.5) is 5.95 Å². The monoisotopic (exact) mass is 270 g/mol. The van der Waals surface area contributed by atoms with Gasteiger partial charge in [-0.15, -0.1) is 0 Å². The van der Waals surface area contributed by atoms with Gasteiger partial charge in [0.25, 0.3) is 0 Å². The zero-order valence-electron chi connectivity index (χ0n) is 11.0. The van der Waals surface area contributed by atoms with E-state index < -0.39 is 0 Å². The second kappa shape index (κ2) is 5.69. The zero-order valence-corrected chi connectivity index (χ0v) is 11.7. The maximum absolute atomic E-state index is 5.83. The van der Waals surface area contributed by atoms with Gasteiger partial charge in [0.2, 0.25) is 11.2 Å². The van der Waals surface area contributed by atoms with E-state index >= 15 is 0 Å². The lowest BCUT2D eigenvalue weighted by Crippen LogP contribution is -2.35. The van der Waals surface area contributed by atoms with E-state index in [1.54, 1.807) is 0 Å². The Balaban J connectivity index is 2.10. The van der Waals surface area contributed by atoms with Crippen molar-refractivity contribution in [1.29, 1.82) is 0 Å². The summed E-state index contributed by atoms with van der Waals surface area (Å²) in [6.07, 6.45) is 3.66. The first kappa shape index (κ1) is 13.3. The summed E-state index contributed by atoms with van der Waals surface area (Å²) in [6.45, 7) is 4.56. The summed E-state index contributed by atoms with van der Waals surface area (Å²) in [5.41, 5.74) is 0. The third-order valence-corrected chi connectivity index (χ3v) is 3.96. The van der Waals surface area contributed by atoms with Crippen LogP contribution >= 0.6 is 11.6 Å². The molecule has 100 valence electrons. The van der Waals surface area contributed by atoms with Gasteiger partial charge in [-0.3, -0.25) is 0 Å². The van der Waals surface area contributed by atoms with Gasteiger partial charge in [0.1, 0.15) is 0 Å². The first-order chi connectivity index (χ1) is 8.60. The molecular formula is C12H19ClN4O. The number of hydrogen-bond acceptors (Lipinski definition) is 5. The average molecular weight is 271 g/mol. The fraction of sp³-hybridized carbons (Fsp3) is 0.750. The van der Waals surface area contributed by atoms with Crippen LogP contribution in [0.2, 0.25) is 5.28 Å². The van der Waals surface area contributed by atoms with Crippen molar-refractivity contribution in [2.75, 3.05) is 12.4 Å². The molecule has 1 N–H and O–H groups in total. The maximum Gasteiger partial charge on any atom is 0.322 e. The molecule has 3 atom stereocenters. The predicted molar refractivity (Wildman–Crippen MR) is 71.0 cm³/mol. The molecule has 0 spiro atoms. The number of aromatic nitrogens is 3. The van der Waals surface area contributed by atoms with Gasteiger partial charge >= 0.3 is 6.01 Å². The van der Waals surface area contributed by atoms with Crippen LogP contribution in [0.3, 0.4) is 0 Å². The lowest BCUT2D eigenvalue weighted by atomic mass is 9.78. The minimum absolute atomic E-state index is 0.154. The largest absolute Gasteiger partial charge is 0.467 e. The Morgan fingerprint density at radius 2 is 2.00 bits per heavy atom. The van der Waals surface area contributed by atoms with E-state index in [9.17, 15) is 0 Å². The Labute approximate surface area is 112 Å². The van der Waals surface area contributed by atoms with Crippen LogP contribution in [0.1, 0.15) is 33.1 Å². The van der Waals surface area contributed by atoms with Crippen LogP contribution in [0.15, 0.2) is 0 Å². The smallest absolute Gasteiger partial charge is 0.322 e. The first-order valence-corrected chi connectivity index (χ1v) is 6.70. The van der Waals surface area contributed by atoms with Gasteiger partial charge in [0.05, 0.1) is 7.11 Å². The van der Waals surface area contributed by atoms with Crippen molar-refractivity contribution in [3.63, 3.8) is 0 Å². The second-order valence-electron chi connectivity index (χ2n) is 4.93. The molecule has 6 heteroatoms. The highest BCUT2D eigenvalue weighted by molar-refractivity contribution is 6.28. The van der Waals surface area contributed by atoms with Crippen LogP contribution in [-0.4, -0.2) is 28.1 Å². The number of nitrogens with one attached hydrogen (secondary N) is 1. The third kappa shape index (κ3) is 3.02. The zero-order chi connectivity index (χ0) is 13.1. The summed E-state index contributed by atoms with van der Waals surface area (Å²) in [7, 11) is 1.51. The summed E-state index contributed by atoms with van der Waals surface area (Å²) in [5, 5.41) is 3.50. The van der Waals surface area contributed by atoms with E-state index in [2.05, 4.69) is 34.1 Å². The number of nitrogens with zero attached hydrogens (tertiary/aromatic N) is 3. The molecular weight excluding hydrogens is 252 g/mol. The second-order valence-corrected chi connectivity index (χ2v) is 5.27. The standard InChI is InChI=1S/C12H19ClN4O/c1-7-5-4-6-9(8(7)2)14-11-15-10(13)16-12(17-11)18-3/h7-9H,4-6H2,1-3H3,(H,14,15,16,17). The highest BCUT2D eigenvalue weighted by Gasteiger charge is 2.27. The summed E-state index contributed by atoms with van der Waals surface area (Å²) >= 11 is 5.83. The Kier molecular flexibility index (Phi) is 4.22. The van der Waals surface area contributed by atoms with Crippen LogP contribution in [-0.2, 0) is 0 Å². The molecule has 1 fully saturated rings. The van der Waals surface area contributed by atoms with Crippen molar-refractivity contribution in [2.24, 2.45) is 11.8 Å². The van der Waals surface area contributed by atoms with E-state index in [4.69, 9.17) is 16.3 Å². The lowest BCUT2D eigenvalue weighted by molar-refractivity contribution is 0.252. The van der Waals surface area contributed by atoms with E-state index in [1.807, 2.05) is 0 Å². The summed E-state index contributed by atoms with van der Waals surface area (Å²) < 4.78 is 4.99. The molecule has 1 aromatic heterocycles. The van der Waals surface area contributed by atoms with E-state index in [1.165, 1.54) is 20.0 Å². The highest BCUT2D eigenvalue weighted by Crippen LogP contribution is 2.31. The topological polar surface area (TPSA) is 59.9 Å². The van der Waals surface area contributed by atoms with Gasteiger partial charge in [0.15, 0.2) is 0 Å². The molecule has 0 bridgehead atoms. The molecule has 1 saturated carbocycles. The molecule has 18 heavy (non-hydrogen) atoms. The highest BCUT2D eigenvalue weighted by atomic mass is 35.5. The number of hydrogen-bond donors (Lipinski definition) is 1. The van der Waals surface area contributed by atoms with Crippen molar-refractivity contribution in [2.45, 2.75) is 39.2 Å². The maximum atomic E-state index is 5.83. The van der Waals surface area contributed by atoms with Crippen molar-refractivity contribution < 1.29 is 4.74 Å². The van der Waals surface area contributed by atoms with Crippen LogP contribution in [0, 0.1) is 11.8 Å². The molecule has 0 radical (unpaired) electrons. The molecule has 1 aromatic rings. The molecule has 0 saturated heterocycles. The third-order valence-electron chi connectivity index (χ3n) is 3.79. The molecule has 0 aliphatic heterocycles. The molecule has 3 unspecified atom stereocenters. The van der Waals surface area contributed by atoms with Crippen molar-refractivity contribution >= 4 is 17.5 Å². The molecule has 1 aliphatic carbocycles. The van der Waals surface area contributed by atoms with Crippen molar-refractivity contribution in [1.82, 2.24) is 15.0 Å². The molecule has 5 nitrogen and oxygen atoms in total. The van der Waals surface area contributed by atoms with Gasteiger partial charge in [-0.2, -0.15) is 15.0 Å². The quantitative estimate of drug-likeness (QED) is 0.915. The first-order valence-electron chi connectivity index (χ1n) is 6.32. The van der Waals surface area contributed by atoms with Gasteiger partial charge in [-0.05, 0) is 29.9 Å². The fourth-order valence-electron chi connectivity index (χ4n) is 2.44. The predicted octanol–water partition coefficient (Wildman–Crippen LogP) is 2.77. The van der Waals surface area contributed by atoms with Gasteiger partial charge in [-0.25, -0.2) is 0 Å². The number of anilines is 1. The summed E-state index contributed by atoms with van der Waals surface area (Å²) in [6, 6.07) is 0.630. The number of ether oxygens (including phenoxy) is 1. The molecule has 1 heterocycles. The van der Waals surface area contributed by atoms with Crippen LogP contribution in [0.5, 0.6) is 6.01 Å². The number of halogens is 1. The van der Waals surface area contributed by atoms with Crippen molar-refractivity contribution in [3.8, 4) is 6.01 Å². The Morgan fingerprint density at radius 1 is 1.22 bits per heavy atom. The lowest BCUT2D eigenvalue weighted by Gasteiger charge is -2.34. The fourth-order valence-corrected chi connectivity index (χ4v) is 2.59. The van der Waals surface area contributed by atoms with Crippen LogP contribution < -0.4 is 10.1 Å². The molecule has 0 aromatic carbocycles. The average Bonchev–Trinajstić information content (AvgIpc) is 2.34. The normalized spacial score (nSPS) is 27.9. The SMILES string of the molecule is COc1nc(Cl)nc(NC2CCCC(C)C2C)n1. The minimum atomic E-state index is 0.154. The molecule has 1 aliphatic rings. The van der Waals surface area contributed by atoms with E-state index in [0.717, 1.165) is 12.3 Å². The van der Waals surface area contributed by atoms with Gasteiger partial charge in [0, 0.05) is 6.04 Å². The number of methoxy groups -OCH3 is 1. The minimum Gasteiger partial charge on any atom is -0.467 e. The van der Waals surface area contributed by atoms with E-state index in [-0.39, 0.29) is 11.3 Å². The Hall–Kier alpha value is -1.10. The summed E-state index contributed by atoms with van der Waals surface area (Å²) in [4.78, 5) is 12.1. The van der Waals surface area contributed by atoms with Crippen molar-refractivity contribution in [3.05, 3.63) is 5.28 Å². The molecule has 0 amide bonds. The summed E-state index contributed by atoms with van der Waals surface area (Å²) in [5.74, 6) is 1.81. The Morgan fingerprint density at radius 3 is 2.72 bits per heavy atom. The Bertz CT molecular complexity index is 415.